The first-order chi connectivity index (χ1) is 16.1. The molecule has 2 amide bonds. The molecular formula is C27H28FN3O2. The molecule has 0 unspecified atom stereocenters. The molecule has 0 saturated heterocycles. The Labute approximate surface area is 192 Å². The molecule has 1 N–H and O–H groups in total. The average Bonchev–Trinajstić information content (AvgIpc) is 3.36. The highest BCUT2D eigenvalue weighted by Gasteiger charge is 2.34. The second kappa shape index (κ2) is 9.32. The minimum atomic E-state index is -0.204. The van der Waals surface area contributed by atoms with Crippen LogP contribution in [0.2, 0.25) is 0 Å². The van der Waals surface area contributed by atoms with Crippen LogP contribution in [0.5, 0.6) is 0 Å². The van der Waals surface area contributed by atoms with E-state index in [0.717, 1.165) is 68.2 Å². The standard InChI is InChI=1S/C27H28FN3O2/c28-20-9-10-25-23(17-20)24(18-29-25)19-11-15-30(16-12-19)13-5-1-2-6-14-31-26(32)21-7-3-4-8-22(21)27(31)33/h3-4,7-11,17-18,29H,1-2,5-6,12-16H2. The zero-order valence-corrected chi connectivity index (χ0v) is 18.6. The molecule has 0 saturated carbocycles. The molecular weight excluding hydrogens is 417 g/mol. The normalized spacial score (nSPS) is 16.5. The molecule has 2 aromatic carbocycles. The Morgan fingerprint density at radius 2 is 1.61 bits per heavy atom. The zero-order valence-electron chi connectivity index (χ0n) is 18.6. The number of amides is 2. The molecule has 1 aromatic heterocycles. The van der Waals surface area contributed by atoms with Crippen LogP contribution in [0, 0.1) is 5.82 Å². The number of hydrogen-bond donors (Lipinski definition) is 1. The van der Waals surface area contributed by atoms with Crippen LogP contribution in [0.15, 0.2) is 54.7 Å². The number of unbranched alkanes of at least 4 members (excludes halogenated alkanes) is 3. The SMILES string of the molecule is O=C1c2ccccc2C(=O)N1CCCCCCN1CC=C(c2c[nH]c3ccc(F)cc23)CC1. The van der Waals surface area contributed by atoms with E-state index in [4.69, 9.17) is 0 Å². The van der Waals surface area contributed by atoms with E-state index in [-0.39, 0.29) is 17.6 Å². The second-order valence-corrected chi connectivity index (χ2v) is 8.89. The lowest BCUT2D eigenvalue weighted by atomic mass is 9.98. The summed E-state index contributed by atoms with van der Waals surface area (Å²) < 4.78 is 13.7. The topological polar surface area (TPSA) is 56.4 Å². The monoisotopic (exact) mass is 445 g/mol. The molecule has 3 heterocycles. The number of benzene rings is 2. The van der Waals surface area contributed by atoms with Gasteiger partial charge in [-0.1, -0.05) is 31.1 Å². The summed E-state index contributed by atoms with van der Waals surface area (Å²) >= 11 is 0. The fourth-order valence-corrected chi connectivity index (χ4v) is 4.92. The summed E-state index contributed by atoms with van der Waals surface area (Å²) in [5.41, 5.74) is 4.41. The van der Waals surface area contributed by atoms with E-state index < -0.39 is 0 Å². The van der Waals surface area contributed by atoms with E-state index in [1.54, 1.807) is 36.4 Å². The summed E-state index contributed by atoms with van der Waals surface area (Å²) in [7, 11) is 0. The predicted octanol–water partition coefficient (Wildman–Crippen LogP) is 5.25. The summed E-state index contributed by atoms with van der Waals surface area (Å²) in [6.07, 6.45) is 9.24. The third-order valence-electron chi connectivity index (χ3n) is 6.77. The Kier molecular flexibility index (Phi) is 6.09. The number of rotatable bonds is 8. The van der Waals surface area contributed by atoms with E-state index in [1.807, 2.05) is 6.20 Å². The maximum absolute atomic E-state index is 13.7. The summed E-state index contributed by atoms with van der Waals surface area (Å²) in [5.74, 6) is -0.529. The molecule has 3 aromatic rings. The largest absolute Gasteiger partial charge is 0.361 e. The van der Waals surface area contributed by atoms with E-state index >= 15 is 0 Å². The smallest absolute Gasteiger partial charge is 0.261 e. The van der Waals surface area contributed by atoms with Crippen molar-refractivity contribution in [2.45, 2.75) is 32.1 Å². The van der Waals surface area contributed by atoms with Crippen molar-refractivity contribution in [3.8, 4) is 0 Å². The Morgan fingerprint density at radius 3 is 2.30 bits per heavy atom. The number of aromatic nitrogens is 1. The summed E-state index contributed by atoms with van der Waals surface area (Å²) in [6.45, 7) is 3.45. The van der Waals surface area contributed by atoms with Gasteiger partial charge in [0, 0.05) is 42.3 Å². The first-order valence-corrected chi connectivity index (χ1v) is 11.8. The van der Waals surface area contributed by atoms with Gasteiger partial charge >= 0.3 is 0 Å². The average molecular weight is 446 g/mol. The lowest BCUT2D eigenvalue weighted by Crippen LogP contribution is -2.31. The molecule has 0 radical (unpaired) electrons. The zero-order chi connectivity index (χ0) is 22.8. The number of aromatic amines is 1. The van der Waals surface area contributed by atoms with Gasteiger partial charge in [-0.3, -0.25) is 19.4 Å². The maximum Gasteiger partial charge on any atom is 0.261 e. The van der Waals surface area contributed by atoms with Gasteiger partial charge in [-0.15, -0.1) is 0 Å². The van der Waals surface area contributed by atoms with Crippen molar-refractivity contribution in [1.82, 2.24) is 14.8 Å². The van der Waals surface area contributed by atoms with Crippen LogP contribution in [-0.2, 0) is 0 Å². The van der Waals surface area contributed by atoms with Crippen LogP contribution in [0.25, 0.3) is 16.5 Å². The Bertz CT molecular complexity index is 1190. The predicted molar refractivity (Wildman–Crippen MR) is 128 cm³/mol. The fourth-order valence-electron chi connectivity index (χ4n) is 4.92. The summed E-state index contributed by atoms with van der Waals surface area (Å²) in [6, 6.07) is 11.9. The van der Waals surface area contributed by atoms with Crippen molar-refractivity contribution >= 4 is 28.3 Å². The summed E-state index contributed by atoms with van der Waals surface area (Å²) in [5, 5.41) is 0.952. The number of nitrogens with zero attached hydrogens (tertiary/aromatic N) is 2. The van der Waals surface area contributed by atoms with Crippen LogP contribution >= 0.6 is 0 Å². The molecule has 6 heteroatoms. The molecule has 0 bridgehead atoms. The van der Waals surface area contributed by atoms with Gasteiger partial charge in [0.1, 0.15) is 5.82 Å². The van der Waals surface area contributed by atoms with Crippen molar-refractivity contribution in [3.05, 3.63) is 77.2 Å². The van der Waals surface area contributed by atoms with Gasteiger partial charge in [0.15, 0.2) is 0 Å². The molecule has 2 aliphatic rings. The van der Waals surface area contributed by atoms with E-state index in [1.165, 1.54) is 16.5 Å². The fraction of sp³-hybridized carbons (Fsp3) is 0.333. The van der Waals surface area contributed by atoms with Crippen LogP contribution in [0.4, 0.5) is 4.39 Å². The lowest BCUT2D eigenvalue weighted by molar-refractivity contribution is 0.0651. The van der Waals surface area contributed by atoms with Gasteiger partial charge in [-0.05, 0) is 61.7 Å². The molecule has 33 heavy (non-hydrogen) atoms. The van der Waals surface area contributed by atoms with Crippen LogP contribution in [0.1, 0.15) is 58.4 Å². The van der Waals surface area contributed by atoms with Gasteiger partial charge < -0.3 is 4.98 Å². The Balaban J connectivity index is 1.04. The minimum absolute atomic E-state index is 0.163. The van der Waals surface area contributed by atoms with Crippen LogP contribution in [-0.4, -0.2) is 52.8 Å². The van der Waals surface area contributed by atoms with Crippen molar-refractivity contribution in [2.24, 2.45) is 0 Å². The van der Waals surface area contributed by atoms with Crippen LogP contribution in [0.3, 0.4) is 0 Å². The second-order valence-electron chi connectivity index (χ2n) is 8.89. The maximum atomic E-state index is 13.7. The number of H-pyrrole nitrogens is 1. The van der Waals surface area contributed by atoms with Gasteiger partial charge in [0.05, 0.1) is 11.1 Å². The van der Waals surface area contributed by atoms with Crippen molar-refractivity contribution in [1.29, 1.82) is 0 Å². The lowest BCUT2D eigenvalue weighted by Gasteiger charge is -2.26. The van der Waals surface area contributed by atoms with Crippen LogP contribution < -0.4 is 0 Å². The number of hydrogen-bond acceptors (Lipinski definition) is 3. The molecule has 0 fully saturated rings. The van der Waals surface area contributed by atoms with E-state index in [9.17, 15) is 14.0 Å². The van der Waals surface area contributed by atoms with Gasteiger partial charge in [-0.25, -0.2) is 4.39 Å². The Hall–Kier alpha value is -3.25. The number of halogens is 1. The molecule has 170 valence electrons. The van der Waals surface area contributed by atoms with Crippen molar-refractivity contribution in [2.75, 3.05) is 26.2 Å². The number of imide groups is 1. The molecule has 0 aliphatic carbocycles. The highest BCUT2D eigenvalue weighted by molar-refractivity contribution is 6.21. The first-order valence-electron chi connectivity index (χ1n) is 11.8. The first kappa shape index (κ1) is 21.6. The van der Waals surface area contributed by atoms with Crippen molar-refractivity contribution in [3.63, 3.8) is 0 Å². The number of nitrogens with one attached hydrogen (secondary N) is 1. The Morgan fingerprint density at radius 1 is 0.879 bits per heavy atom. The van der Waals surface area contributed by atoms with Gasteiger partial charge in [-0.2, -0.15) is 0 Å². The molecule has 0 atom stereocenters. The summed E-state index contributed by atoms with van der Waals surface area (Å²) in [4.78, 5) is 31.9. The number of carbonyl (C=O) groups is 2. The molecule has 2 aliphatic heterocycles. The van der Waals surface area contributed by atoms with E-state index in [0.29, 0.717) is 17.7 Å². The minimum Gasteiger partial charge on any atom is -0.361 e. The highest BCUT2D eigenvalue weighted by atomic mass is 19.1. The highest BCUT2D eigenvalue weighted by Crippen LogP contribution is 2.30. The quantitative estimate of drug-likeness (QED) is 0.380. The third-order valence-corrected chi connectivity index (χ3v) is 6.77. The third kappa shape index (κ3) is 4.35. The number of carbonyl (C=O) groups excluding carboxylic acids is 2. The molecule has 5 rings (SSSR count). The number of fused-ring (bicyclic) bond motifs is 2. The van der Waals surface area contributed by atoms with Crippen molar-refractivity contribution < 1.29 is 14.0 Å². The molecule has 5 nitrogen and oxygen atoms in total. The van der Waals surface area contributed by atoms with E-state index in [2.05, 4.69) is 16.0 Å². The van der Waals surface area contributed by atoms with Gasteiger partial charge in [0.25, 0.3) is 11.8 Å². The molecule has 0 spiro atoms. The van der Waals surface area contributed by atoms with Gasteiger partial charge in [0.2, 0.25) is 0 Å².